The monoisotopic (exact) mass is 252 g/mol. The molecule has 1 heterocycles. The van der Waals surface area contributed by atoms with Crippen LogP contribution in [0.25, 0.3) is 0 Å². The molecule has 0 fully saturated rings. The van der Waals surface area contributed by atoms with E-state index >= 15 is 0 Å². The van der Waals surface area contributed by atoms with Crippen molar-refractivity contribution in [2.45, 2.75) is 18.6 Å². The van der Waals surface area contributed by atoms with Gasteiger partial charge in [0, 0.05) is 0 Å². The minimum absolute atomic E-state index is 0.00923. The number of nitrogens with two attached hydrogens (primary N) is 1. The van der Waals surface area contributed by atoms with Gasteiger partial charge in [0.25, 0.3) is 5.91 Å². The Kier molecular flexibility index (Phi) is 3.81. The van der Waals surface area contributed by atoms with Gasteiger partial charge in [-0.2, -0.15) is 0 Å². The van der Waals surface area contributed by atoms with Gasteiger partial charge in [0.1, 0.15) is 11.9 Å². The summed E-state index contributed by atoms with van der Waals surface area (Å²) in [6.45, 7) is 0.285. The smallest absolute Gasteiger partial charge is 0.262 e. The van der Waals surface area contributed by atoms with E-state index in [9.17, 15) is 15.0 Å². The largest absolute Gasteiger partial charge is 0.482 e. The Morgan fingerprint density at radius 1 is 1.44 bits per heavy atom. The lowest BCUT2D eigenvalue weighted by Gasteiger charge is -2.22. The van der Waals surface area contributed by atoms with Crippen molar-refractivity contribution >= 4 is 11.6 Å². The molecule has 6 nitrogen and oxygen atoms in total. The van der Waals surface area contributed by atoms with Crippen LogP contribution >= 0.6 is 0 Å². The van der Waals surface area contributed by atoms with E-state index in [0.29, 0.717) is 30.0 Å². The van der Waals surface area contributed by atoms with Crippen molar-refractivity contribution in [2.75, 3.05) is 18.5 Å². The summed E-state index contributed by atoms with van der Waals surface area (Å²) in [6.07, 6.45) is -1.65. The molecule has 0 radical (unpaired) electrons. The first-order chi connectivity index (χ1) is 8.61. The molecule has 18 heavy (non-hydrogen) atoms. The molecule has 1 aromatic rings. The van der Waals surface area contributed by atoms with Gasteiger partial charge in [-0.25, -0.2) is 0 Å². The zero-order valence-corrected chi connectivity index (χ0v) is 9.80. The number of carbonyl (C=O) groups excluding carboxylic acids is 1. The van der Waals surface area contributed by atoms with Crippen molar-refractivity contribution in [1.82, 2.24) is 0 Å². The standard InChI is InChI=1S/C12H16N2O4/c13-4-3-9(15)12(17)7-1-2-10-8(5-7)14-11(16)6-18-10/h1-2,5,9,12,15,17H,3-4,6,13H2,(H,14,16). The molecule has 0 saturated carbocycles. The fourth-order valence-electron chi connectivity index (χ4n) is 1.84. The van der Waals surface area contributed by atoms with Gasteiger partial charge in [-0.1, -0.05) is 6.07 Å². The van der Waals surface area contributed by atoms with Crippen molar-refractivity contribution < 1.29 is 19.7 Å². The lowest BCUT2D eigenvalue weighted by Crippen LogP contribution is -2.26. The number of carbonyl (C=O) groups is 1. The molecule has 0 aromatic heterocycles. The predicted molar refractivity (Wildman–Crippen MR) is 65.2 cm³/mol. The molecule has 0 bridgehead atoms. The number of anilines is 1. The van der Waals surface area contributed by atoms with E-state index in [1.165, 1.54) is 0 Å². The average Bonchev–Trinajstić information content (AvgIpc) is 2.37. The zero-order valence-electron chi connectivity index (χ0n) is 9.80. The Balaban J connectivity index is 2.20. The molecule has 1 amide bonds. The van der Waals surface area contributed by atoms with E-state index in [4.69, 9.17) is 10.5 Å². The Labute approximate surface area is 104 Å². The molecule has 1 aliphatic rings. The quantitative estimate of drug-likeness (QED) is 0.592. The number of fused-ring (bicyclic) bond motifs is 1. The van der Waals surface area contributed by atoms with E-state index in [0.717, 1.165) is 0 Å². The second-order valence-electron chi connectivity index (χ2n) is 4.18. The minimum atomic E-state index is -1.03. The van der Waals surface area contributed by atoms with E-state index in [2.05, 4.69) is 5.32 Å². The zero-order chi connectivity index (χ0) is 13.1. The van der Waals surface area contributed by atoms with Gasteiger partial charge < -0.3 is 26.0 Å². The minimum Gasteiger partial charge on any atom is -0.482 e. The van der Waals surface area contributed by atoms with Gasteiger partial charge in [0.15, 0.2) is 6.61 Å². The van der Waals surface area contributed by atoms with Crippen LogP contribution in [0.4, 0.5) is 5.69 Å². The lowest BCUT2D eigenvalue weighted by molar-refractivity contribution is -0.118. The second kappa shape index (κ2) is 5.34. The van der Waals surface area contributed by atoms with Gasteiger partial charge in [-0.3, -0.25) is 4.79 Å². The average molecular weight is 252 g/mol. The third kappa shape index (κ3) is 2.61. The SMILES string of the molecule is NCCC(O)C(O)c1ccc2c(c1)NC(=O)CO2. The maximum atomic E-state index is 11.2. The summed E-state index contributed by atoms with van der Waals surface area (Å²) < 4.78 is 5.20. The Bertz CT molecular complexity index is 450. The molecule has 0 aliphatic carbocycles. The van der Waals surface area contributed by atoms with Crippen molar-refractivity contribution in [2.24, 2.45) is 5.73 Å². The van der Waals surface area contributed by atoms with Crippen LogP contribution in [0.5, 0.6) is 5.75 Å². The third-order valence-electron chi connectivity index (χ3n) is 2.80. The molecule has 5 N–H and O–H groups in total. The topological polar surface area (TPSA) is 105 Å². The van der Waals surface area contributed by atoms with E-state index in [-0.39, 0.29) is 12.5 Å². The Morgan fingerprint density at radius 3 is 2.94 bits per heavy atom. The molecule has 2 rings (SSSR count). The van der Waals surface area contributed by atoms with Gasteiger partial charge >= 0.3 is 0 Å². The van der Waals surface area contributed by atoms with Crippen molar-refractivity contribution in [3.8, 4) is 5.75 Å². The van der Waals surface area contributed by atoms with Gasteiger partial charge in [-0.05, 0) is 30.7 Å². The van der Waals surface area contributed by atoms with Crippen LogP contribution in [0.3, 0.4) is 0 Å². The molecular weight excluding hydrogens is 236 g/mol. The molecule has 2 atom stereocenters. The number of hydrogen-bond acceptors (Lipinski definition) is 5. The fourth-order valence-corrected chi connectivity index (χ4v) is 1.84. The molecule has 1 aromatic carbocycles. The van der Waals surface area contributed by atoms with Crippen LogP contribution in [0.15, 0.2) is 18.2 Å². The summed E-state index contributed by atoms with van der Waals surface area (Å²) in [6, 6.07) is 4.90. The van der Waals surface area contributed by atoms with Crippen molar-refractivity contribution in [3.63, 3.8) is 0 Å². The summed E-state index contributed by atoms with van der Waals surface area (Å²) >= 11 is 0. The Hall–Kier alpha value is -1.63. The van der Waals surface area contributed by atoms with E-state index < -0.39 is 12.2 Å². The number of aliphatic hydroxyl groups is 2. The lowest BCUT2D eigenvalue weighted by atomic mass is 10.0. The van der Waals surface area contributed by atoms with Crippen LogP contribution in [0.1, 0.15) is 18.1 Å². The van der Waals surface area contributed by atoms with Crippen molar-refractivity contribution in [3.05, 3.63) is 23.8 Å². The third-order valence-corrected chi connectivity index (χ3v) is 2.80. The fraction of sp³-hybridized carbons (Fsp3) is 0.417. The van der Waals surface area contributed by atoms with Crippen LogP contribution in [0.2, 0.25) is 0 Å². The first kappa shape index (κ1) is 12.8. The second-order valence-corrected chi connectivity index (χ2v) is 4.18. The molecule has 6 heteroatoms. The summed E-state index contributed by atoms with van der Waals surface area (Å²) in [7, 11) is 0. The summed E-state index contributed by atoms with van der Waals surface area (Å²) in [5.41, 5.74) is 6.34. The van der Waals surface area contributed by atoms with Gasteiger partial charge in [0.05, 0.1) is 11.8 Å². The molecule has 0 saturated heterocycles. The predicted octanol–water partition coefficient (Wildman–Crippen LogP) is -0.239. The number of rotatable bonds is 4. The maximum absolute atomic E-state index is 11.2. The maximum Gasteiger partial charge on any atom is 0.262 e. The van der Waals surface area contributed by atoms with Gasteiger partial charge in [0.2, 0.25) is 0 Å². The highest BCUT2D eigenvalue weighted by molar-refractivity contribution is 5.95. The first-order valence-electron chi connectivity index (χ1n) is 5.74. The highest BCUT2D eigenvalue weighted by Crippen LogP contribution is 2.31. The number of nitrogens with one attached hydrogen (secondary N) is 1. The van der Waals surface area contributed by atoms with Crippen LogP contribution < -0.4 is 15.8 Å². The number of aliphatic hydroxyl groups excluding tert-OH is 2. The summed E-state index contributed by atoms with van der Waals surface area (Å²) in [5, 5.41) is 22.3. The van der Waals surface area contributed by atoms with Crippen LogP contribution in [0, 0.1) is 0 Å². The number of hydrogen-bond donors (Lipinski definition) is 4. The Morgan fingerprint density at radius 2 is 2.22 bits per heavy atom. The van der Waals surface area contributed by atoms with E-state index in [1.807, 2.05) is 0 Å². The first-order valence-corrected chi connectivity index (χ1v) is 5.74. The molecule has 0 spiro atoms. The molecule has 2 unspecified atom stereocenters. The number of amides is 1. The normalized spacial score (nSPS) is 17.4. The number of benzene rings is 1. The highest BCUT2D eigenvalue weighted by atomic mass is 16.5. The van der Waals surface area contributed by atoms with Gasteiger partial charge in [-0.15, -0.1) is 0 Å². The van der Waals surface area contributed by atoms with Crippen LogP contribution in [-0.2, 0) is 4.79 Å². The molecular formula is C12H16N2O4. The molecule has 98 valence electrons. The van der Waals surface area contributed by atoms with E-state index in [1.54, 1.807) is 18.2 Å². The van der Waals surface area contributed by atoms with Crippen LogP contribution in [-0.4, -0.2) is 35.4 Å². The highest BCUT2D eigenvalue weighted by Gasteiger charge is 2.21. The summed E-state index contributed by atoms with van der Waals surface area (Å²) in [5.74, 6) is 0.315. The number of ether oxygens (including phenoxy) is 1. The molecule has 1 aliphatic heterocycles. The van der Waals surface area contributed by atoms with Crippen molar-refractivity contribution in [1.29, 1.82) is 0 Å². The summed E-state index contributed by atoms with van der Waals surface area (Å²) in [4.78, 5) is 11.2.